The minimum atomic E-state index is -0.803. The van der Waals surface area contributed by atoms with Crippen molar-refractivity contribution in [3.63, 3.8) is 0 Å². The standard InChI is InChI=1S/C18H17NO5/c1-23-13-6-3-11(17(10-13)24-2)4-7-15(20)12-5-8-16(21)14(9-12)18(19)22/h3-10,21H,1-2H3,(H2,19,22)/b7-4+. The molecule has 0 heterocycles. The van der Waals surface area contributed by atoms with Crippen LogP contribution in [-0.2, 0) is 0 Å². The summed E-state index contributed by atoms with van der Waals surface area (Å²) in [6.07, 6.45) is 2.94. The molecular weight excluding hydrogens is 310 g/mol. The second-order valence-electron chi connectivity index (χ2n) is 4.90. The third kappa shape index (κ3) is 3.73. The van der Waals surface area contributed by atoms with Crippen LogP contribution in [0.15, 0.2) is 42.5 Å². The molecule has 0 fully saturated rings. The van der Waals surface area contributed by atoms with Crippen LogP contribution in [0.2, 0.25) is 0 Å². The van der Waals surface area contributed by atoms with Gasteiger partial charge in [0.1, 0.15) is 17.2 Å². The maximum Gasteiger partial charge on any atom is 0.252 e. The molecule has 3 N–H and O–H groups in total. The Hall–Kier alpha value is -3.28. The number of amides is 1. The van der Waals surface area contributed by atoms with Gasteiger partial charge in [-0.2, -0.15) is 0 Å². The second-order valence-corrected chi connectivity index (χ2v) is 4.90. The van der Waals surface area contributed by atoms with Gasteiger partial charge >= 0.3 is 0 Å². The number of carbonyl (C=O) groups is 2. The fourth-order valence-electron chi connectivity index (χ4n) is 2.10. The molecule has 24 heavy (non-hydrogen) atoms. The molecule has 0 radical (unpaired) electrons. The molecule has 2 aromatic rings. The van der Waals surface area contributed by atoms with Crippen molar-refractivity contribution in [3.8, 4) is 17.2 Å². The number of primary amides is 1. The van der Waals surface area contributed by atoms with Gasteiger partial charge in [0.2, 0.25) is 0 Å². The molecule has 0 aliphatic heterocycles. The van der Waals surface area contributed by atoms with Crippen molar-refractivity contribution in [2.45, 2.75) is 0 Å². The van der Waals surface area contributed by atoms with Gasteiger partial charge in [0.05, 0.1) is 19.8 Å². The molecule has 0 saturated heterocycles. The Bertz CT molecular complexity index is 811. The highest BCUT2D eigenvalue weighted by Crippen LogP contribution is 2.26. The summed E-state index contributed by atoms with van der Waals surface area (Å²) >= 11 is 0. The fraction of sp³-hybridized carbons (Fsp3) is 0.111. The number of aromatic hydroxyl groups is 1. The van der Waals surface area contributed by atoms with Crippen molar-refractivity contribution in [1.82, 2.24) is 0 Å². The average Bonchev–Trinajstić information content (AvgIpc) is 2.59. The van der Waals surface area contributed by atoms with E-state index in [0.717, 1.165) is 0 Å². The van der Waals surface area contributed by atoms with Crippen molar-refractivity contribution in [2.75, 3.05) is 14.2 Å². The Balaban J connectivity index is 2.28. The summed E-state index contributed by atoms with van der Waals surface area (Å²) < 4.78 is 10.4. The first-order valence-electron chi connectivity index (χ1n) is 7.03. The van der Waals surface area contributed by atoms with Gasteiger partial charge in [-0.15, -0.1) is 0 Å². The molecular formula is C18H17NO5. The van der Waals surface area contributed by atoms with Crippen LogP contribution in [0.3, 0.4) is 0 Å². The van der Waals surface area contributed by atoms with Crippen molar-refractivity contribution in [3.05, 3.63) is 59.2 Å². The number of hydrogen-bond donors (Lipinski definition) is 2. The monoisotopic (exact) mass is 327 g/mol. The van der Waals surface area contributed by atoms with E-state index in [1.807, 2.05) is 0 Å². The molecule has 2 rings (SSSR count). The van der Waals surface area contributed by atoms with E-state index in [2.05, 4.69) is 0 Å². The normalized spacial score (nSPS) is 10.6. The van der Waals surface area contributed by atoms with Crippen molar-refractivity contribution in [2.24, 2.45) is 5.73 Å². The van der Waals surface area contributed by atoms with E-state index < -0.39 is 5.91 Å². The van der Waals surface area contributed by atoms with E-state index in [0.29, 0.717) is 17.1 Å². The summed E-state index contributed by atoms with van der Waals surface area (Å²) in [5, 5.41) is 9.55. The number of ketones is 1. The zero-order valence-electron chi connectivity index (χ0n) is 13.3. The third-order valence-corrected chi connectivity index (χ3v) is 3.40. The first kappa shape index (κ1) is 17.1. The Kier molecular flexibility index (Phi) is 5.21. The number of phenols is 1. The summed E-state index contributed by atoms with van der Waals surface area (Å²) in [5.41, 5.74) is 5.99. The molecule has 0 bridgehead atoms. The summed E-state index contributed by atoms with van der Waals surface area (Å²) in [4.78, 5) is 23.5. The number of benzene rings is 2. The predicted octanol–water partition coefficient (Wildman–Crippen LogP) is 2.40. The van der Waals surface area contributed by atoms with Gasteiger partial charge in [0.15, 0.2) is 5.78 Å². The van der Waals surface area contributed by atoms with Crippen LogP contribution in [0, 0.1) is 0 Å². The zero-order valence-corrected chi connectivity index (χ0v) is 13.3. The van der Waals surface area contributed by atoms with E-state index in [1.54, 1.807) is 31.4 Å². The highest BCUT2D eigenvalue weighted by Gasteiger charge is 2.11. The van der Waals surface area contributed by atoms with E-state index >= 15 is 0 Å². The molecule has 0 aliphatic rings. The highest BCUT2D eigenvalue weighted by molar-refractivity contribution is 6.08. The van der Waals surface area contributed by atoms with E-state index in [1.165, 1.54) is 31.4 Å². The Morgan fingerprint density at radius 3 is 2.46 bits per heavy atom. The van der Waals surface area contributed by atoms with Gasteiger partial charge in [-0.3, -0.25) is 9.59 Å². The molecule has 6 nitrogen and oxygen atoms in total. The van der Waals surface area contributed by atoms with Gasteiger partial charge in [-0.25, -0.2) is 0 Å². The zero-order chi connectivity index (χ0) is 17.7. The Morgan fingerprint density at radius 2 is 1.83 bits per heavy atom. The van der Waals surface area contributed by atoms with Crippen LogP contribution in [0.1, 0.15) is 26.3 Å². The van der Waals surface area contributed by atoms with Crippen LogP contribution >= 0.6 is 0 Å². The van der Waals surface area contributed by atoms with Gasteiger partial charge < -0.3 is 20.3 Å². The minimum Gasteiger partial charge on any atom is -0.507 e. The number of carbonyl (C=O) groups excluding carboxylic acids is 2. The summed E-state index contributed by atoms with van der Waals surface area (Å²) in [5.74, 6) is -0.208. The maximum atomic E-state index is 12.2. The van der Waals surface area contributed by atoms with Crippen molar-refractivity contribution in [1.29, 1.82) is 0 Å². The van der Waals surface area contributed by atoms with Crippen LogP contribution in [-0.4, -0.2) is 31.0 Å². The molecule has 124 valence electrons. The first-order valence-corrected chi connectivity index (χ1v) is 7.03. The lowest BCUT2D eigenvalue weighted by molar-refractivity contribution is 0.0997. The molecule has 0 unspecified atom stereocenters. The second kappa shape index (κ2) is 7.32. The number of hydrogen-bond acceptors (Lipinski definition) is 5. The topological polar surface area (TPSA) is 98.9 Å². The maximum absolute atomic E-state index is 12.2. The quantitative estimate of drug-likeness (QED) is 0.627. The van der Waals surface area contributed by atoms with Gasteiger partial charge in [-0.1, -0.05) is 0 Å². The smallest absolute Gasteiger partial charge is 0.252 e. The summed E-state index contributed by atoms with van der Waals surface area (Å²) in [6, 6.07) is 9.14. The fourth-order valence-corrected chi connectivity index (χ4v) is 2.10. The van der Waals surface area contributed by atoms with Gasteiger partial charge in [-0.05, 0) is 42.5 Å². The molecule has 6 heteroatoms. The number of rotatable bonds is 6. The largest absolute Gasteiger partial charge is 0.507 e. The number of ether oxygens (including phenoxy) is 2. The first-order chi connectivity index (χ1) is 11.5. The molecule has 0 aromatic heterocycles. The molecule has 0 saturated carbocycles. The van der Waals surface area contributed by atoms with Crippen LogP contribution < -0.4 is 15.2 Å². The van der Waals surface area contributed by atoms with E-state index in [4.69, 9.17) is 15.2 Å². The SMILES string of the molecule is COc1ccc(/C=C/C(=O)c2ccc(O)c(C(N)=O)c2)c(OC)c1. The third-order valence-electron chi connectivity index (χ3n) is 3.40. The Morgan fingerprint density at radius 1 is 1.08 bits per heavy atom. The number of nitrogens with two attached hydrogens (primary N) is 1. The van der Waals surface area contributed by atoms with Gasteiger partial charge in [0, 0.05) is 17.2 Å². The lowest BCUT2D eigenvalue weighted by Crippen LogP contribution is -2.12. The highest BCUT2D eigenvalue weighted by atomic mass is 16.5. The molecule has 2 aromatic carbocycles. The van der Waals surface area contributed by atoms with Gasteiger partial charge in [0.25, 0.3) is 5.91 Å². The lowest BCUT2D eigenvalue weighted by Gasteiger charge is -2.07. The molecule has 1 amide bonds. The summed E-state index contributed by atoms with van der Waals surface area (Å²) in [6.45, 7) is 0. The summed E-state index contributed by atoms with van der Waals surface area (Å²) in [7, 11) is 3.07. The molecule has 0 spiro atoms. The minimum absolute atomic E-state index is 0.101. The van der Waals surface area contributed by atoms with E-state index in [9.17, 15) is 14.7 Å². The van der Waals surface area contributed by atoms with Crippen LogP contribution in [0.5, 0.6) is 17.2 Å². The predicted molar refractivity (Wildman–Crippen MR) is 89.5 cm³/mol. The average molecular weight is 327 g/mol. The van der Waals surface area contributed by atoms with Crippen molar-refractivity contribution >= 4 is 17.8 Å². The number of methoxy groups -OCH3 is 2. The number of allylic oxidation sites excluding steroid dienone is 1. The van der Waals surface area contributed by atoms with Crippen LogP contribution in [0.4, 0.5) is 0 Å². The van der Waals surface area contributed by atoms with Crippen LogP contribution in [0.25, 0.3) is 6.08 Å². The Labute approximate surface area is 139 Å². The lowest BCUT2D eigenvalue weighted by atomic mass is 10.0. The molecule has 0 atom stereocenters. The van der Waals surface area contributed by atoms with E-state index in [-0.39, 0.29) is 22.7 Å². The molecule has 0 aliphatic carbocycles. The van der Waals surface area contributed by atoms with Crippen molar-refractivity contribution < 1.29 is 24.2 Å².